The van der Waals surface area contributed by atoms with E-state index in [9.17, 15) is 9.59 Å². The predicted molar refractivity (Wildman–Crippen MR) is 118 cm³/mol. The number of ketones is 1. The fourth-order valence-corrected chi connectivity index (χ4v) is 6.22. The van der Waals surface area contributed by atoms with Crippen LogP contribution in [0.1, 0.15) is 56.0 Å². The predicted octanol–water partition coefficient (Wildman–Crippen LogP) is 6.13. The molecule has 148 valence electrons. The number of carbonyl (C=O) groups excluding carboxylic acids is 2. The molecule has 3 nitrogen and oxygen atoms in total. The molecule has 5 heteroatoms. The number of carbonyl (C=O) groups is 2. The van der Waals surface area contributed by atoms with Gasteiger partial charge in [0.1, 0.15) is 4.88 Å². The van der Waals surface area contributed by atoms with E-state index in [1.54, 1.807) is 18.7 Å². The Morgan fingerprint density at radius 1 is 1.07 bits per heavy atom. The van der Waals surface area contributed by atoms with Crippen molar-refractivity contribution in [2.45, 2.75) is 35.6 Å². The molecule has 2 aromatic carbocycles. The molecule has 0 unspecified atom stereocenters. The van der Waals surface area contributed by atoms with Crippen LogP contribution in [0.2, 0.25) is 0 Å². The van der Waals surface area contributed by atoms with Crippen molar-refractivity contribution in [3.05, 3.63) is 87.8 Å². The largest absolute Gasteiger partial charge is 0.462 e. The highest BCUT2D eigenvalue weighted by molar-refractivity contribution is 8.00. The van der Waals surface area contributed by atoms with Crippen LogP contribution in [-0.4, -0.2) is 18.4 Å². The van der Waals surface area contributed by atoms with Crippen molar-refractivity contribution in [3.8, 4) is 0 Å². The first-order valence-corrected chi connectivity index (χ1v) is 11.5. The zero-order valence-corrected chi connectivity index (χ0v) is 17.9. The van der Waals surface area contributed by atoms with Crippen molar-refractivity contribution in [2.24, 2.45) is 0 Å². The number of hydrogen-bond acceptors (Lipinski definition) is 5. The monoisotopic (exact) mass is 422 g/mol. The Kier molecular flexibility index (Phi) is 6.16. The van der Waals surface area contributed by atoms with Crippen LogP contribution < -0.4 is 0 Å². The third-order valence-corrected chi connectivity index (χ3v) is 7.63. The van der Waals surface area contributed by atoms with Crippen LogP contribution in [0.5, 0.6) is 0 Å². The summed E-state index contributed by atoms with van der Waals surface area (Å²) in [5.41, 5.74) is 3.95. The van der Waals surface area contributed by atoms with Crippen LogP contribution in [-0.2, 0) is 16.9 Å². The first kappa shape index (κ1) is 19.9. The Bertz CT molecular complexity index is 1010. The smallest absolute Gasteiger partial charge is 0.348 e. The zero-order chi connectivity index (χ0) is 20.2. The van der Waals surface area contributed by atoms with E-state index in [0.29, 0.717) is 24.3 Å². The Morgan fingerprint density at radius 2 is 1.76 bits per heavy atom. The number of ether oxygens (including phenoxy) is 1. The molecular formula is C24H22O3S2. The van der Waals surface area contributed by atoms with Crippen molar-refractivity contribution in [3.63, 3.8) is 0 Å². The molecule has 0 spiro atoms. The molecule has 1 aromatic heterocycles. The van der Waals surface area contributed by atoms with Crippen molar-refractivity contribution >= 4 is 34.9 Å². The molecule has 0 bridgehead atoms. The van der Waals surface area contributed by atoms with Gasteiger partial charge in [-0.05, 0) is 36.0 Å². The number of fused-ring (bicyclic) bond motifs is 1. The number of esters is 1. The van der Waals surface area contributed by atoms with E-state index >= 15 is 0 Å². The summed E-state index contributed by atoms with van der Waals surface area (Å²) in [4.78, 5) is 26.3. The summed E-state index contributed by atoms with van der Waals surface area (Å²) < 4.78 is 6.23. The van der Waals surface area contributed by atoms with Crippen LogP contribution in [0, 0.1) is 0 Å². The van der Waals surface area contributed by atoms with E-state index in [1.165, 1.54) is 16.9 Å². The highest BCUT2D eigenvalue weighted by Crippen LogP contribution is 2.44. The maximum atomic E-state index is 13.1. The molecule has 0 fully saturated rings. The van der Waals surface area contributed by atoms with Gasteiger partial charge >= 0.3 is 5.97 Å². The molecule has 1 atom stereocenters. The number of rotatable bonds is 6. The fourth-order valence-electron chi connectivity index (χ4n) is 3.71. The maximum absolute atomic E-state index is 13.1. The van der Waals surface area contributed by atoms with Gasteiger partial charge in [-0.3, -0.25) is 4.79 Å². The Labute approximate surface area is 179 Å². The van der Waals surface area contributed by atoms with E-state index in [4.69, 9.17) is 4.74 Å². The molecule has 1 aliphatic rings. The van der Waals surface area contributed by atoms with Crippen molar-refractivity contribution in [1.29, 1.82) is 0 Å². The zero-order valence-electron chi connectivity index (χ0n) is 16.2. The van der Waals surface area contributed by atoms with Crippen molar-refractivity contribution < 1.29 is 14.3 Å². The molecule has 0 saturated heterocycles. The minimum Gasteiger partial charge on any atom is -0.462 e. The molecule has 29 heavy (non-hydrogen) atoms. The summed E-state index contributed by atoms with van der Waals surface area (Å²) in [5, 5.41) is 0. The van der Waals surface area contributed by atoms with Gasteiger partial charge in [0.2, 0.25) is 0 Å². The standard InChI is InChI=1S/C24H22O3S2/c1-2-27-23(26)22-19-13-18(17-11-7-4-8-12-17)14-20(25)21(19)24(29-22)28-15-16-9-5-3-6-10-16/h3-12,18H,2,13-15H2,1H3/t18-/m1/s1. The van der Waals surface area contributed by atoms with Crippen LogP contribution in [0.4, 0.5) is 0 Å². The molecule has 0 saturated carbocycles. The SMILES string of the molecule is CCOC(=O)c1sc(SCc2ccccc2)c2c1C[C@@H](c1ccccc1)CC2=O. The lowest BCUT2D eigenvalue weighted by Crippen LogP contribution is -2.20. The van der Waals surface area contributed by atoms with Gasteiger partial charge in [-0.25, -0.2) is 4.79 Å². The molecule has 0 aliphatic heterocycles. The highest BCUT2D eigenvalue weighted by Gasteiger charge is 2.34. The highest BCUT2D eigenvalue weighted by atomic mass is 32.2. The number of benzene rings is 2. The Hall–Kier alpha value is -2.37. The van der Waals surface area contributed by atoms with Crippen LogP contribution in [0.15, 0.2) is 64.9 Å². The molecule has 3 aromatic rings. The average Bonchev–Trinajstić information content (AvgIpc) is 3.13. The second-order valence-corrected chi connectivity index (χ2v) is 9.27. The van der Waals surface area contributed by atoms with Gasteiger partial charge in [0.15, 0.2) is 5.78 Å². The molecule has 1 aliphatic carbocycles. The fraction of sp³-hybridized carbons (Fsp3) is 0.250. The lowest BCUT2D eigenvalue weighted by atomic mass is 9.80. The lowest BCUT2D eigenvalue weighted by molar-refractivity contribution is 0.0531. The van der Waals surface area contributed by atoms with Crippen molar-refractivity contribution in [1.82, 2.24) is 0 Å². The Morgan fingerprint density at radius 3 is 2.45 bits per heavy atom. The minimum absolute atomic E-state index is 0.103. The summed E-state index contributed by atoms with van der Waals surface area (Å²) in [6.45, 7) is 2.13. The van der Waals surface area contributed by atoms with E-state index in [1.807, 2.05) is 36.4 Å². The first-order chi connectivity index (χ1) is 14.2. The maximum Gasteiger partial charge on any atom is 0.348 e. The molecule has 1 heterocycles. The van der Waals surface area contributed by atoms with Gasteiger partial charge in [0, 0.05) is 17.7 Å². The van der Waals surface area contributed by atoms with E-state index in [2.05, 4.69) is 24.3 Å². The quantitative estimate of drug-likeness (QED) is 0.354. The second kappa shape index (κ2) is 8.97. The van der Waals surface area contributed by atoms with E-state index in [-0.39, 0.29) is 17.7 Å². The topological polar surface area (TPSA) is 43.4 Å². The van der Waals surface area contributed by atoms with Gasteiger partial charge in [-0.15, -0.1) is 23.1 Å². The molecule has 0 amide bonds. The minimum atomic E-state index is -0.318. The number of hydrogen-bond donors (Lipinski definition) is 0. The molecular weight excluding hydrogens is 400 g/mol. The summed E-state index contributed by atoms with van der Waals surface area (Å²) in [7, 11) is 0. The summed E-state index contributed by atoms with van der Waals surface area (Å²) in [6.07, 6.45) is 1.18. The number of thioether (sulfide) groups is 1. The average molecular weight is 423 g/mol. The van der Waals surface area contributed by atoms with Crippen LogP contribution >= 0.6 is 23.1 Å². The number of thiophene rings is 1. The van der Waals surface area contributed by atoms with Crippen molar-refractivity contribution in [2.75, 3.05) is 6.61 Å². The molecule has 0 radical (unpaired) electrons. The van der Waals surface area contributed by atoms with Crippen LogP contribution in [0.25, 0.3) is 0 Å². The number of Topliss-reactive ketones (excluding diaryl/α,β-unsaturated/α-hetero) is 1. The van der Waals surface area contributed by atoms with Gasteiger partial charge in [-0.2, -0.15) is 0 Å². The molecule has 4 rings (SSSR count). The van der Waals surface area contributed by atoms with Gasteiger partial charge in [-0.1, -0.05) is 60.7 Å². The molecule has 0 N–H and O–H groups in total. The Balaban J connectivity index is 1.68. The third-order valence-electron chi connectivity index (χ3n) is 5.08. The normalized spacial score (nSPS) is 15.8. The van der Waals surface area contributed by atoms with Gasteiger partial charge < -0.3 is 4.74 Å². The van der Waals surface area contributed by atoms with Gasteiger partial charge in [0.05, 0.1) is 10.8 Å². The van der Waals surface area contributed by atoms with E-state index in [0.717, 1.165) is 26.7 Å². The summed E-state index contributed by atoms with van der Waals surface area (Å²) in [5.74, 6) is 0.682. The van der Waals surface area contributed by atoms with Gasteiger partial charge in [0.25, 0.3) is 0 Å². The van der Waals surface area contributed by atoms with Crippen LogP contribution in [0.3, 0.4) is 0 Å². The first-order valence-electron chi connectivity index (χ1n) is 9.75. The van der Waals surface area contributed by atoms with E-state index < -0.39 is 0 Å². The summed E-state index contributed by atoms with van der Waals surface area (Å²) >= 11 is 3.05. The summed E-state index contributed by atoms with van der Waals surface area (Å²) in [6, 6.07) is 20.3. The second-order valence-electron chi connectivity index (χ2n) is 7.01. The third kappa shape index (κ3) is 4.31. The lowest BCUT2D eigenvalue weighted by Gasteiger charge is -2.23.